The molecule has 0 saturated carbocycles. The zero-order valence-electron chi connectivity index (χ0n) is 15.4. The minimum absolute atomic E-state index is 0.144. The van der Waals surface area contributed by atoms with Crippen molar-refractivity contribution in [2.24, 2.45) is 0 Å². The van der Waals surface area contributed by atoms with E-state index >= 15 is 0 Å². The largest absolute Gasteiger partial charge is 0.392 e. The van der Waals surface area contributed by atoms with E-state index in [9.17, 15) is 0 Å². The van der Waals surface area contributed by atoms with Crippen LogP contribution in [0.15, 0.2) is 65.3 Å². The Morgan fingerprint density at radius 1 is 0.875 bits per heavy atom. The van der Waals surface area contributed by atoms with Crippen molar-refractivity contribution in [2.75, 3.05) is 13.2 Å². The zero-order chi connectivity index (χ0) is 17.6. The smallest absolute Gasteiger partial charge is 0.0721 e. The molecule has 0 aliphatic carbocycles. The minimum Gasteiger partial charge on any atom is -0.392 e. The van der Waals surface area contributed by atoms with Crippen LogP contribution in [0.2, 0.25) is 0 Å². The molecule has 2 heteroatoms. The highest BCUT2D eigenvalue weighted by atomic mass is 16.5. The van der Waals surface area contributed by atoms with Gasteiger partial charge in [-0.05, 0) is 52.0 Å². The number of benzene rings is 1. The summed E-state index contributed by atoms with van der Waals surface area (Å²) < 4.78 is 5.74. The van der Waals surface area contributed by atoms with Gasteiger partial charge in [0.1, 0.15) is 0 Å². The average molecular weight is 328 g/mol. The summed E-state index contributed by atoms with van der Waals surface area (Å²) in [6.45, 7) is 7.91. The topological polar surface area (TPSA) is 29.5 Å². The molecule has 0 aliphatic heterocycles. The van der Waals surface area contributed by atoms with E-state index in [1.165, 1.54) is 22.3 Å². The molecule has 0 spiro atoms. The maximum atomic E-state index is 8.83. The first-order valence-corrected chi connectivity index (χ1v) is 8.81. The quantitative estimate of drug-likeness (QED) is 0.536. The van der Waals surface area contributed by atoms with E-state index in [1.54, 1.807) is 0 Å². The van der Waals surface area contributed by atoms with Gasteiger partial charge in [0.25, 0.3) is 0 Å². The first kappa shape index (κ1) is 20.4. The van der Waals surface area contributed by atoms with Crippen LogP contribution in [0.3, 0.4) is 0 Å². The number of aliphatic hydroxyl groups is 1. The fourth-order valence-corrected chi connectivity index (χ4v) is 2.42. The highest BCUT2D eigenvalue weighted by molar-refractivity contribution is 5.13. The van der Waals surface area contributed by atoms with Crippen LogP contribution < -0.4 is 0 Å². The second-order valence-electron chi connectivity index (χ2n) is 6.39. The SMILES string of the molecule is CC(=CCO)CCC=C(C)CCC=C(C)COCc1ccccc1. The molecule has 24 heavy (non-hydrogen) atoms. The fraction of sp³-hybridized carbons (Fsp3) is 0.455. The number of allylic oxidation sites excluding steroid dienone is 4. The lowest BCUT2D eigenvalue weighted by molar-refractivity contribution is 0.142. The van der Waals surface area contributed by atoms with Crippen LogP contribution >= 0.6 is 0 Å². The molecule has 0 radical (unpaired) electrons. The van der Waals surface area contributed by atoms with Gasteiger partial charge in [-0.1, -0.05) is 65.3 Å². The van der Waals surface area contributed by atoms with Crippen molar-refractivity contribution in [3.63, 3.8) is 0 Å². The molecule has 1 N–H and O–H groups in total. The van der Waals surface area contributed by atoms with E-state index in [-0.39, 0.29) is 6.61 Å². The number of aliphatic hydroxyl groups excluding tert-OH is 1. The van der Waals surface area contributed by atoms with Gasteiger partial charge < -0.3 is 9.84 Å². The number of ether oxygens (including phenoxy) is 1. The Morgan fingerprint density at radius 2 is 1.46 bits per heavy atom. The van der Waals surface area contributed by atoms with Crippen molar-refractivity contribution < 1.29 is 9.84 Å². The van der Waals surface area contributed by atoms with E-state index < -0.39 is 0 Å². The predicted molar refractivity (Wildman–Crippen MR) is 103 cm³/mol. The summed E-state index contributed by atoms with van der Waals surface area (Å²) in [5.41, 5.74) is 5.20. The molecule has 0 unspecified atom stereocenters. The molecule has 0 amide bonds. The summed E-state index contributed by atoms with van der Waals surface area (Å²) in [5, 5.41) is 8.83. The van der Waals surface area contributed by atoms with Gasteiger partial charge in [0, 0.05) is 0 Å². The Bertz CT molecular complexity index is 538. The summed E-state index contributed by atoms with van der Waals surface area (Å²) in [6.07, 6.45) is 10.7. The third-order valence-electron chi connectivity index (χ3n) is 3.94. The van der Waals surface area contributed by atoms with Crippen molar-refractivity contribution in [3.05, 3.63) is 70.8 Å². The van der Waals surface area contributed by atoms with Crippen molar-refractivity contribution in [3.8, 4) is 0 Å². The first-order chi connectivity index (χ1) is 11.6. The summed E-state index contributed by atoms with van der Waals surface area (Å²) >= 11 is 0. The number of rotatable bonds is 11. The van der Waals surface area contributed by atoms with Crippen LogP contribution in [0, 0.1) is 0 Å². The van der Waals surface area contributed by atoms with Crippen LogP contribution in [0.5, 0.6) is 0 Å². The third kappa shape index (κ3) is 10.2. The van der Waals surface area contributed by atoms with E-state index in [1.807, 2.05) is 24.3 Å². The Morgan fingerprint density at radius 3 is 2.08 bits per heavy atom. The lowest BCUT2D eigenvalue weighted by Crippen LogP contribution is -1.96. The van der Waals surface area contributed by atoms with Crippen molar-refractivity contribution >= 4 is 0 Å². The number of hydrogen-bond donors (Lipinski definition) is 1. The third-order valence-corrected chi connectivity index (χ3v) is 3.94. The van der Waals surface area contributed by atoms with Crippen molar-refractivity contribution in [1.29, 1.82) is 0 Å². The molecule has 132 valence electrons. The highest BCUT2D eigenvalue weighted by Crippen LogP contribution is 2.11. The molecule has 1 aromatic rings. The Kier molecular flexibility index (Phi) is 10.8. The number of hydrogen-bond acceptors (Lipinski definition) is 2. The Hall–Kier alpha value is -1.64. The van der Waals surface area contributed by atoms with Crippen molar-refractivity contribution in [1.82, 2.24) is 0 Å². The van der Waals surface area contributed by atoms with E-state index in [2.05, 4.69) is 45.1 Å². The van der Waals surface area contributed by atoms with E-state index in [4.69, 9.17) is 9.84 Å². The monoisotopic (exact) mass is 328 g/mol. The first-order valence-electron chi connectivity index (χ1n) is 8.81. The van der Waals surface area contributed by atoms with Crippen LogP contribution in [0.1, 0.15) is 52.0 Å². The predicted octanol–water partition coefficient (Wildman–Crippen LogP) is 5.59. The molecule has 0 fully saturated rings. The maximum absolute atomic E-state index is 8.83. The maximum Gasteiger partial charge on any atom is 0.0721 e. The average Bonchev–Trinajstić information content (AvgIpc) is 2.56. The second-order valence-corrected chi connectivity index (χ2v) is 6.39. The van der Waals surface area contributed by atoms with Gasteiger partial charge in [-0.2, -0.15) is 0 Å². The second kappa shape index (κ2) is 12.7. The summed E-state index contributed by atoms with van der Waals surface area (Å²) in [7, 11) is 0. The molecular formula is C22H32O2. The van der Waals surface area contributed by atoms with Gasteiger partial charge in [-0.25, -0.2) is 0 Å². The fourth-order valence-electron chi connectivity index (χ4n) is 2.42. The molecule has 0 aromatic heterocycles. The molecule has 0 heterocycles. The molecule has 1 aromatic carbocycles. The van der Waals surface area contributed by atoms with Crippen LogP contribution in [0.25, 0.3) is 0 Å². The normalized spacial score (nSPS) is 13.4. The molecule has 0 saturated heterocycles. The van der Waals surface area contributed by atoms with Gasteiger partial charge in [-0.15, -0.1) is 0 Å². The van der Waals surface area contributed by atoms with E-state index in [0.29, 0.717) is 13.2 Å². The van der Waals surface area contributed by atoms with Gasteiger partial charge in [0.15, 0.2) is 0 Å². The lowest BCUT2D eigenvalue weighted by Gasteiger charge is -2.05. The summed E-state index contributed by atoms with van der Waals surface area (Å²) in [6, 6.07) is 10.3. The zero-order valence-corrected chi connectivity index (χ0v) is 15.4. The van der Waals surface area contributed by atoms with Crippen LogP contribution in [0.4, 0.5) is 0 Å². The summed E-state index contributed by atoms with van der Waals surface area (Å²) in [4.78, 5) is 0. The molecule has 0 atom stereocenters. The molecule has 0 aliphatic rings. The summed E-state index contributed by atoms with van der Waals surface area (Å²) in [5.74, 6) is 0. The Labute approximate surface area is 147 Å². The molecule has 0 bridgehead atoms. The minimum atomic E-state index is 0.144. The molecular weight excluding hydrogens is 296 g/mol. The molecule has 2 nitrogen and oxygen atoms in total. The van der Waals surface area contributed by atoms with Crippen LogP contribution in [-0.4, -0.2) is 18.3 Å². The lowest BCUT2D eigenvalue weighted by atomic mass is 10.1. The van der Waals surface area contributed by atoms with E-state index in [0.717, 1.165) is 25.7 Å². The highest BCUT2D eigenvalue weighted by Gasteiger charge is 1.95. The van der Waals surface area contributed by atoms with Crippen LogP contribution in [-0.2, 0) is 11.3 Å². The molecule has 1 rings (SSSR count). The van der Waals surface area contributed by atoms with Gasteiger partial charge in [0.2, 0.25) is 0 Å². The van der Waals surface area contributed by atoms with Gasteiger partial charge in [-0.3, -0.25) is 0 Å². The van der Waals surface area contributed by atoms with Crippen molar-refractivity contribution in [2.45, 2.75) is 53.1 Å². The van der Waals surface area contributed by atoms with Gasteiger partial charge in [0.05, 0.1) is 19.8 Å². The standard InChI is InChI=1S/C22H32O2/c1-19(9-7-11-20(2)15-16-23)10-8-12-21(3)17-24-18-22-13-5-4-6-14-22/h4-6,9,12-15,23H,7-8,10-11,16-18H2,1-3H3. The Balaban J connectivity index is 2.19. The van der Waals surface area contributed by atoms with Gasteiger partial charge >= 0.3 is 0 Å².